The molecule has 0 saturated carbocycles. The molecule has 86 valence electrons. The van der Waals surface area contributed by atoms with E-state index in [9.17, 15) is 4.79 Å². The fourth-order valence-electron chi connectivity index (χ4n) is 0.436. The first-order valence-corrected chi connectivity index (χ1v) is 6.48. The summed E-state index contributed by atoms with van der Waals surface area (Å²) in [7, 11) is 0.271. The van der Waals surface area contributed by atoms with Gasteiger partial charge in [0.2, 0.25) is 0 Å². The molecule has 0 heterocycles. The summed E-state index contributed by atoms with van der Waals surface area (Å²) in [4.78, 5) is 35.9. The number of hydrogen-bond acceptors (Lipinski definition) is 5. The van der Waals surface area contributed by atoms with E-state index >= 15 is 0 Å². The molecule has 0 amide bonds. The molecule has 0 fully saturated rings. The van der Waals surface area contributed by atoms with Crippen molar-refractivity contribution >= 4 is 13.7 Å². The Kier molecular flexibility index (Phi) is 9.24. The fourth-order valence-corrected chi connectivity index (χ4v) is 0.436. The van der Waals surface area contributed by atoms with Gasteiger partial charge < -0.3 is 4.90 Å². The average Bonchev–Trinajstić information content (AvgIpc) is 1.96. The molecule has 0 bridgehead atoms. The van der Waals surface area contributed by atoms with Crippen LogP contribution in [0.1, 0.15) is 6.42 Å². The molecule has 5 nitrogen and oxygen atoms in total. The molecule has 0 aliphatic heterocycles. The van der Waals surface area contributed by atoms with Crippen LogP contribution in [0.4, 0.5) is 0 Å². The number of carbonyl (C=O) groups excluding carboxylic acids is 1. The van der Waals surface area contributed by atoms with E-state index in [4.69, 9.17) is 14.7 Å². The van der Waals surface area contributed by atoms with Gasteiger partial charge in [0.1, 0.15) is 0 Å². The summed E-state index contributed by atoms with van der Waals surface area (Å²) in [5.41, 5.74) is 0. The summed E-state index contributed by atoms with van der Waals surface area (Å²) < 4.78 is 0. The minimum absolute atomic E-state index is 0.115. The fraction of sp³-hybridized carbons (Fsp3) is 0.625. The number of carbonyl (C=O) groups is 1. The first-order valence-electron chi connectivity index (χ1n) is 4.14. The number of ketones is 1. The van der Waals surface area contributed by atoms with E-state index in [1.807, 2.05) is 19.0 Å². The van der Waals surface area contributed by atoms with Gasteiger partial charge in [0.05, 0.1) is 0 Å². The van der Waals surface area contributed by atoms with Crippen LogP contribution >= 0.6 is 7.94 Å². The van der Waals surface area contributed by atoms with Crippen molar-refractivity contribution in [3.05, 3.63) is 12.7 Å². The standard InChI is InChI=1S/C7H13NO.CH7O3P/c1-4-7(9)5-6-8(2)3;1-5(2,3)4/h4H,1,5-6H2,2-3H3;2-5H,1H3. The molecule has 0 aromatic carbocycles. The SMILES string of the molecule is C=CC(=O)CCN(C)C.C[PH](O)(O)O. The molecule has 0 rings (SSSR count). The predicted molar refractivity (Wildman–Crippen MR) is 59.3 cm³/mol. The van der Waals surface area contributed by atoms with Gasteiger partial charge in [-0.1, -0.05) is 6.58 Å². The molecule has 0 aromatic rings. The number of hydrogen-bond donors (Lipinski definition) is 3. The van der Waals surface area contributed by atoms with E-state index in [1.165, 1.54) is 6.08 Å². The summed E-state index contributed by atoms with van der Waals surface area (Å²) in [6, 6.07) is 0. The third-order valence-corrected chi connectivity index (χ3v) is 1.03. The van der Waals surface area contributed by atoms with Gasteiger partial charge >= 0.3 is 29.3 Å². The van der Waals surface area contributed by atoms with Crippen LogP contribution in [0, 0.1) is 0 Å². The molecule has 0 aliphatic rings. The van der Waals surface area contributed by atoms with Gasteiger partial charge in [-0.3, -0.25) is 4.79 Å². The maximum atomic E-state index is 10.6. The zero-order valence-electron chi connectivity index (χ0n) is 8.90. The van der Waals surface area contributed by atoms with Gasteiger partial charge in [-0.05, 0) is 20.2 Å². The molecule has 0 atom stereocenters. The van der Waals surface area contributed by atoms with E-state index in [1.54, 1.807) is 0 Å². The molecule has 6 heteroatoms. The Labute approximate surface area is 85.3 Å². The monoisotopic (exact) mass is 225 g/mol. The van der Waals surface area contributed by atoms with Crippen molar-refractivity contribution in [2.24, 2.45) is 0 Å². The van der Waals surface area contributed by atoms with Crippen LogP contribution in [-0.2, 0) is 4.79 Å². The van der Waals surface area contributed by atoms with Gasteiger partial charge in [-0.25, -0.2) is 0 Å². The van der Waals surface area contributed by atoms with Crippen molar-refractivity contribution in [2.75, 3.05) is 27.3 Å². The Hall–Kier alpha value is -0.320. The molecule has 0 spiro atoms. The van der Waals surface area contributed by atoms with E-state index in [-0.39, 0.29) is 5.78 Å². The second-order valence-corrected chi connectivity index (χ2v) is 5.14. The molecule has 0 aromatic heterocycles. The number of rotatable bonds is 4. The van der Waals surface area contributed by atoms with Crippen molar-refractivity contribution < 1.29 is 19.5 Å². The van der Waals surface area contributed by atoms with Gasteiger partial charge in [0, 0.05) is 13.0 Å². The van der Waals surface area contributed by atoms with Crippen LogP contribution in [0.25, 0.3) is 0 Å². The third kappa shape index (κ3) is 29.9. The summed E-state index contributed by atoms with van der Waals surface area (Å²) in [6.07, 6.45) is 1.94. The quantitative estimate of drug-likeness (QED) is 0.455. The molecule has 3 N–H and O–H groups in total. The van der Waals surface area contributed by atoms with Crippen molar-refractivity contribution in [2.45, 2.75) is 6.42 Å². The Morgan fingerprint density at radius 2 is 1.79 bits per heavy atom. The summed E-state index contributed by atoms with van der Waals surface area (Å²) in [5, 5.41) is 0. The number of nitrogens with zero attached hydrogens (tertiary/aromatic N) is 1. The second kappa shape index (κ2) is 8.03. The predicted octanol–water partition coefficient (Wildman–Crippen LogP) is -0.219. The summed E-state index contributed by atoms with van der Waals surface area (Å²) >= 11 is 0. The van der Waals surface area contributed by atoms with Crippen LogP contribution in [0.5, 0.6) is 0 Å². The molecule has 0 radical (unpaired) electrons. The Morgan fingerprint density at radius 1 is 1.43 bits per heavy atom. The van der Waals surface area contributed by atoms with E-state index < -0.39 is 7.94 Å². The topological polar surface area (TPSA) is 81.0 Å². The maximum absolute atomic E-state index is 10.6. The van der Waals surface area contributed by atoms with Crippen LogP contribution in [-0.4, -0.2) is 52.7 Å². The van der Waals surface area contributed by atoms with Crippen LogP contribution in [0.15, 0.2) is 12.7 Å². The van der Waals surface area contributed by atoms with Gasteiger partial charge in [0.15, 0.2) is 5.78 Å². The van der Waals surface area contributed by atoms with E-state index in [2.05, 4.69) is 6.58 Å². The third-order valence-electron chi connectivity index (χ3n) is 1.03. The Balaban J connectivity index is 0. The molecule has 0 saturated heterocycles. The van der Waals surface area contributed by atoms with Crippen molar-refractivity contribution in [3.63, 3.8) is 0 Å². The second-order valence-electron chi connectivity index (χ2n) is 3.19. The van der Waals surface area contributed by atoms with Crippen molar-refractivity contribution in [3.8, 4) is 0 Å². The normalized spacial score (nSPS) is 11.6. The molecule has 14 heavy (non-hydrogen) atoms. The first-order chi connectivity index (χ1) is 6.16. The average molecular weight is 225 g/mol. The molecular weight excluding hydrogens is 205 g/mol. The van der Waals surface area contributed by atoms with E-state index in [0.717, 1.165) is 13.2 Å². The van der Waals surface area contributed by atoms with Crippen LogP contribution in [0.3, 0.4) is 0 Å². The van der Waals surface area contributed by atoms with Crippen LogP contribution in [0.2, 0.25) is 0 Å². The molecule has 0 unspecified atom stereocenters. The van der Waals surface area contributed by atoms with Gasteiger partial charge in [0.25, 0.3) is 0 Å². The zero-order chi connectivity index (χ0) is 11.8. The Bertz CT molecular complexity index is 171. The minimum atomic E-state index is -3.61. The summed E-state index contributed by atoms with van der Waals surface area (Å²) in [5.74, 6) is 0.115. The van der Waals surface area contributed by atoms with Crippen molar-refractivity contribution in [1.82, 2.24) is 4.90 Å². The summed E-state index contributed by atoms with van der Waals surface area (Å²) in [6.45, 7) is 5.17. The molecular formula is C8H20NO4P. The molecule has 0 aliphatic carbocycles. The first kappa shape index (κ1) is 16.1. The van der Waals surface area contributed by atoms with Gasteiger partial charge in [-0.15, -0.1) is 0 Å². The van der Waals surface area contributed by atoms with Crippen LogP contribution < -0.4 is 0 Å². The Morgan fingerprint density at radius 3 is 2.00 bits per heavy atom. The van der Waals surface area contributed by atoms with E-state index in [0.29, 0.717) is 6.42 Å². The number of allylic oxidation sites excluding steroid dienone is 1. The zero-order valence-corrected chi connectivity index (χ0v) is 9.90. The van der Waals surface area contributed by atoms with Crippen molar-refractivity contribution in [1.29, 1.82) is 0 Å². The van der Waals surface area contributed by atoms with Gasteiger partial charge in [-0.2, -0.15) is 0 Å².